The zero-order valence-corrected chi connectivity index (χ0v) is 34.5. The van der Waals surface area contributed by atoms with E-state index in [1.54, 1.807) is 24.9 Å². The van der Waals surface area contributed by atoms with Crippen molar-refractivity contribution in [1.29, 1.82) is 0 Å². The molecule has 0 radical (unpaired) electrons. The number of benzene rings is 1. The highest BCUT2D eigenvalue weighted by Gasteiger charge is 2.60. The van der Waals surface area contributed by atoms with Crippen LogP contribution in [0.25, 0.3) is 17.0 Å². The molecule has 14 heteroatoms. The number of ketones is 1. The van der Waals surface area contributed by atoms with Gasteiger partial charge in [-0.25, -0.2) is 14.0 Å². The summed E-state index contributed by atoms with van der Waals surface area (Å²) in [5.41, 5.74) is 1.16. The summed E-state index contributed by atoms with van der Waals surface area (Å²) in [5, 5.41) is 12.5. The summed E-state index contributed by atoms with van der Waals surface area (Å²) in [4.78, 5) is 54.2. The second-order valence-corrected chi connectivity index (χ2v) is 16.7. The Labute approximate surface area is 334 Å². The highest BCUT2D eigenvalue weighted by molar-refractivity contribution is 6.03. The van der Waals surface area contributed by atoms with E-state index in [2.05, 4.69) is 4.98 Å². The third-order valence-corrected chi connectivity index (χ3v) is 12.6. The molecule has 14 atom stereocenters. The zero-order valence-electron chi connectivity index (χ0n) is 34.5. The Hall–Kier alpha value is -3.82. The lowest BCUT2D eigenvalue weighted by atomic mass is 9.73. The van der Waals surface area contributed by atoms with E-state index in [0.717, 1.165) is 22.2 Å². The van der Waals surface area contributed by atoms with Crippen LogP contribution in [0, 0.1) is 23.7 Å². The number of halogens is 1. The fraction of sp³-hybridized carbons (Fsp3) is 0.651. The van der Waals surface area contributed by atoms with E-state index in [1.807, 2.05) is 89.2 Å². The van der Waals surface area contributed by atoms with E-state index in [9.17, 15) is 19.5 Å². The van der Waals surface area contributed by atoms with Gasteiger partial charge in [0.1, 0.15) is 12.2 Å². The lowest BCUT2D eigenvalue weighted by Gasteiger charge is -2.45. The van der Waals surface area contributed by atoms with Crippen LogP contribution in [0.3, 0.4) is 0 Å². The molecule has 0 spiro atoms. The smallest absolute Gasteiger partial charge is 0.410 e. The summed E-state index contributed by atoms with van der Waals surface area (Å²) in [6.45, 7) is 13.4. The number of carbonyl (C=O) groups is 3. The van der Waals surface area contributed by atoms with E-state index in [0.29, 0.717) is 13.0 Å². The largest absolute Gasteiger partial charge is 0.456 e. The minimum absolute atomic E-state index is 0.149. The van der Waals surface area contributed by atoms with Gasteiger partial charge in [-0.05, 0) is 58.5 Å². The molecule has 3 saturated heterocycles. The Morgan fingerprint density at radius 3 is 2.53 bits per heavy atom. The van der Waals surface area contributed by atoms with E-state index >= 15 is 4.39 Å². The number of Topliss-reactive ketones (excluding diaryl/α,β-unsaturated/α-hetero) is 1. The summed E-state index contributed by atoms with van der Waals surface area (Å²) in [6.07, 6.45) is -2.30. The molecule has 0 saturated carbocycles. The zero-order chi connectivity index (χ0) is 41.3. The number of hydrogen-bond donors (Lipinski definition) is 1. The lowest BCUT2D eigenvalue weighted by molar-refractivity contribution is -0.281. The molecular formula is C43H59FN4O9. The van der Waals surface area contributed by atoms with Crippen LogP contribution < -0.4 is 0 Å². The van der Waals surface area contributed by atoms with Crippen molar-refractivity contribution in [3.63, 3.8) is 0 Å². The Bertz CT molecular complexity index is 1840. The first-order valence-electron chi connectivity index (χ1n) is 20.3. The van der Waals surface area contributed by atoms with Crippen molar-refractivity contribution in [1.82, 2.24) is 14.8 Å². The summed E-state index contributed by atoms with van der Waals surface area (Å²) in [7, 11) is 3.72. The number of rotatable bonds is 8. The summed E-state index contributed by atoms with van der Waals surface area (Å²) in [5.74, 6) is -5.10. The van der Waals surface area contributed by atoms with Crippen molar-refractivity contribution in [3.8, 4) is 0 Å². The maximum absolute atomic E-state index is 16.3. The van der Waals surface area contributed by atoms with Gasteiger partial charge < -0.3 is 33.7 Å². The lowest BCUT2D eigenvalue weighted by Crippen LogP contribution is -2.59. The van der Waals surface area contributed by atoms with Crippen LogP contribution in [0.4, 0.5) is 9.18 Å². The number of nitrogens with zero attached hydrogens (tertiary/aromatic N) is 4. The maximum Gasteiger partial charge on any atom is 0.410 e. The van der Waals surface area contributed by atoms with Gasteiger partial charge in [-0.1, -0.05) is 65.0 Å². The number of amides is 1. The van der Waals surface area contributed by atoms with Crippen molar-refractivity contribution in [2.75, 3.05) is 33.8 Å². The molecule has 2 unspecified atom stereocenters. The average Bonchev–Trinajstić information content (AvgIpc) is 3.31. The summed E-state index contributed by atoms with van der Waals surface area (Å²) >= 11 is 0. The van der Waals surface area contributed by atoms with Crippen molar-refractivity contribution in [3.05, 3.63) is 48.2 Å². The minimum Gasteiger partial charge on any atom is -0.456 e. The number of likely N-dealkylation sites (N-methyl/N-ethyl adjacent to an activating group) is 1. The minimum atomic E-state index is -2.66. The van der Waals surface area contributed by atoms with Gasteiger partial charge >= 0.3 is 12.1 Å². The number of carbonyl (C=O) groups excluding carboxylic acids is 3. The van der Waals surface area contributed by atoms with Gasteiger partial charge in [0.25, 0.3) is 6.17 Å². The molecule has 2 aromatic rings. The van der Waals surface area contributed by atoms with Crippen LogP contribution in [0.2, 0.25) is 0 Å². The topological polar surface area (TPSA) is 149 Å². The van der Waals surface area contributed by atoms with Crippen molar-refractivity contribution >= 4 is 40.5 Å². The summed E-state index contributed by atoms with van der Waals surface area (Å²) < 4.78 is 47.6. The normalized spacial score (nSPS) is 38.2. The Morgan fingerprint density at radius 2 is 1.81 bits per heavy atom. The molecule has 13 nitrogen and oxygen atoms in total. The van der Waals surface area contributed by atoms with Crippen LogP contribution >= 0.6 is 0 Å². The number of ether oxygens (including phenoxy) is 5. The number of hydrogen-bond acceptors (Lipinski definition) is 12. The van der Waals surface area contributed by atoms with Crippen LogP contribution in [0.5, 0.6) is 0 Å². The number of pyridine rings is 1. The predicted molar refractivity (Wildman–Crippen MR) is 212 cm³/mol. The predicted octanol–water partition coefficient (Wildman–Crippen LogP) is 5.27. The average molecular weight is 795 g/mol. The van der Waals surface area contributed by atoms with Gasteiger partial charge in [0.2, 0.25) is 0 Å². The molecule has 312 valence electrons. The fourth-order valence-electron chi connectivity index (χ4n) is 9.59. The monoisotopic (exact) mass is 794 g/mol. The van der Waals surface area contributed by atoms with Crippen molar-refractivity contribution in [2.24, 2.45) is 28.7 Å². The number of alkyl halides is 1. The molecule has 1 aromatic heterocycles. The van der Waals surface area contributed by atoms with E-state index in [4.69, 9.17) is 28.7 Å². The van der Waals surface area contributed by atoms with Gasteiger partial charge in [-0.2, -0.15) is 0 Å². The quantitative estimate of drug-likeness (QED) is 0.276. The number of aromatic nitrogens is 1. The van der Waals surface area contributed by atoms with Crippen molar-refractivity contribution in [2.45, 2.75) is 122 Å². The second-order valence-electron chi connectivity index (χ2n) is 16.7. The highest BCUT2D eigenvalue weighted by Crippen LogP contribution is 2.43. The number of aliphatic imine (C=N–C) groups is 1. The molecule has 2 bridgehead atoms. The first-order valence-corrected chi connectivity index (χ1v) is 20.3. The molecular weight excluding hydrogens is 735 g/mol. The molecule has 0 aliphatic carbocycles. The summed E-state index contributed by atoms with van der Waals surface area (Å²) in [6, 6.07) is 8.95. The second kappa shape index (κ2) is 17.6. The third kappa shape index (κ3) is 8.52. The van der Waals surface area contributed by atoms with Gasteiger partial charge in [0.05, 0.1) is 43.0 Å². The van der Waals surface area contributed by atoms with Gasteiger partial charge in [-0.3, -0.25) is 19.7 Å². The number of para-hydroxylation sites is 1. The van der Waals surface area contributed by atoms with Gasteiger partial charge in [-0.15, -0.1) is 0 Å². The van der Waals surface area contributed by atoms with Crippen molar-refractivity contribution < 1.29 is 47.6 Å². The Kier molecular flexibility index (Phi) is 13.2. The molecule has 1 aromatic carbocycles. The Balaban J connectivity index is 1.41. The molecule has 4 aliphatic rings. The molecule has 57 heavy (non-hydrogen) atoms. The first kappa shape index (κ1) is 42.8. The van der Waals surface area contributed by atoms with E-state index in [1.165, 1.54) is 6.92 Å². The van der Waals surface area contributed by atoms with E-state index < -0.39 is 90.0 Å². The number of aliphatic hydroxyl groups is 1. The van der Waals surface area contributed by atoms with Gasteiger partial charge in [0.15, 0.2) is 17.7 Å². The number of cyclic esters (lactones) is 1. The highest BCUT2D eigenvalue weighted by atomic mass is 19.1. The van der Waals surface area contributed by atoms with Crippen LogP contribution in [-0.2, 0) is 33.3 Å². The van der Waals surface area contributed by atoms with Crippen LogP contribution in [0.1, 0.15) is 66.9 Å². The molecule has 3 fully saturated rings. The number of esters is 1. The molecule has 1 amide bonds. The standard InChI is InChI=1S/C43H59FN4O9/c1-10-32-43(7)39-25(4)34(45-17-18-48(39)42(52)57-43)24(3)37(53-19-13-14-28-21-29-15-11-12-16-30(29)46-22-28)27(6)38(26(5)35(49)33(44)40(51)55-32)56-41-36(50)31(47(8)9)20-23(2)54-41/h11-16,21-27,31-33,36-39,41,50H,10,17-20H2,1-9H3/b14-13+/t23-,24+,25+,26+,27+,31+,32-,33?,36-,37+,38-,39?,41+,43-/m1/s1. The van der Waals surface area contributed by atoms with Crippen LogP contribution in [-0.4, -0.2) is 138 Å². The first-order chi connectivity index (χ1) is 27.1. The fourth-order valence-corrected chi connectivity index (χ4v) is 9.59. The van der Waals surface area contributed by atoms with Crippen LogP contribution in [0.15, 0.2) is 47.6 Å². The molecule has 1 N–H and O–H groups in total. The third-order valence-electron chi connectivity index (χ3n) is 12.6. The molecule has 4 aliphatic heterocycles. The Morgan fingerprint density at radius 1 is 1.07 bits per heavy atom. The van der Waals surface area contributed by atoms with Gasteiger partial charge in [0, 0.05) is 53.6 Å². The molecule has 5 heterocycles. The number of fused-ring (bicyclic) bond motifs is 2. The molecule has 6 rings (SSSR count). The maximum atomic E-state index is 16.3. The SMILES string of the molecule is CC[C@H]1OC(=O)C(F)C(=O)[C@H](C)[C@@H](O[C@@H]2O[C@H](C)C[C@H](N(C)C)[C@H]2O)[C@@H](C)[C@@H](OC/C=C/c2cnc3ccccc3c2)[C@@H](C)C2=NCCN3C(=O)O[C@@]1(C)C3[C@H]2C. The number of aliphatic hydroxyl groups excluding tert-OH is 1. The van der Waals surface area contributed by atoms with E-state index in [-0.39, 0.29) is 31.7 Å².